The van der Waals surface area contributed by atoms with Crippen LogP contribution in [0.3, 0.4) is 0 Å². The molecular weight excluding hydrogens is 461 g/mol. The second-order valence-corrected chi connectivity index (χ2v) is 8.29. The van der Waals surface area contributed by atoms with Crippen LogP contribution in [-0.4, -0.2) is 43.5 Å². The third-order valence-electron chi connectivity index (χ3n) is 5.80. The highest BCUT2D eigenvalue weighted by atomic mass is 19.3. The first-order valence-electron chi connectivity index (χ1n) is 10.7. The van der Waals surface area contributed by atoms with E-state index in [4.69, 9.17) is 0 Å². The molecule has 0 spiro atoms. The van der Waals surface area contributed by atoms with Crippen molar-refractivity contribution < 1.29 is 22.8 Å². The van der Waals surface area contributed by atoms with E-state index in [9.17, 15) is 22.8 Å². The molecule has 0 bridgehead atoms. The minimum absolute atomic E-state index is 0.137. The molecule has 2 aromatic heterocycles. The van der Waals surface area contributed by atoms with Crippen LogP contribution in [0.5, 0.6) is 0 Å². The van der Waals surface area contributed by atoms with Gasteiger partial charge in [-0.15, -0.1) is 0 Å². The molecule has 178 valence electrons. The normalized spacial score (nSPS) is 18.3. The quantitative estimate of drug-likeness (QED) is 0.472. The number of carbonyl (C=O) groups excluding carboxylic acids is 2. The van der Waals surface area contributed by atoms with Crippen molar-refractivity contribution in [1.29, 1.82) is 0 Å². The van der Waals surface area contributed by atoms with Crippen LogP contribution in [0.2, 0.25) is 0 Å². The summed E-state index contributed by atoms with van der Waals surface area (Å²) in [5.74, 6) is -5.73. The van der Waals surface area contributed by atoms with E-state index in [1.807, 2.05) is 0 Å². The van der Waals surface area contributed by atoms with Crippen molar-refractivity contribution >= 4 is 28.4 Å². The van der Waals surface area contributed by atoms with Gasteiger partial charge in [0.05, 0.1) is 36.2 Å². The number of hydrogen-bond acceptors (Lipinski definition) is 5. The Hall–Kier alpha value is -4.28. The Labute approximate surface area is 197 Å². The molecule has 1 fully saturated rings. The van der Waals surface area contributed by atoms with Crippen molar-refractivity contribution in [3.63, 3.8) is 0 Å². The summed E-state index contributed by atoms with van der Waals surface area (Å²) in [6.45, 7) is 0.519. The van der Waals surface area contributed by atoms with Crippen LogP contribution in [0, 0.1) is 5.82 Å². The van der Waals surface area contributed by atoms with E-state index in [2.05, 4.69) is 20.4 Å². The topological polar surface area (TPSA) is 93.0 Å². The zero-order valence-electron chi connectivity index (χ0n) is 18.4. The molecule has 0 radical (unpaired) electrons. The van der Waals surface area contributed by atoms with E-state index in [-0.39, 0.29) is 18.3 Å². The molecule has 1 saturated heterocycles. The van der Waals surface area contributed by atoms with Gasteiger partial charge in [0.2, 0.25) is 5.91 Å². The average molecular weight is 480 g/mol. The summed E-state index contributed by atoms with van der Waals surface area (Å²) in [5.41, 5.74) is 1.83. The molecule has 11 heteroatoms. The van der Waals surface area contributed by atoms with Crippen LogP contribution >= 0.6 is 0 Å². The Morgan fingerprint density at radius 1 is 1.09 bits per heavy atom. The zero-order valence-corrected chi connectivity index (χ0v) is 18.4. The number of halogens is 3. The molecule has 4 aromatic rings. The smallest absolute Gasteiger partial charge is 0.321 e. The Morgan fingerprint density at radius 2 is 1.80 bits per heavy atom. The average Bonchev–Trinajstić information content (AvgIpc) is 3.39. The molecule has 5 rings (SSSR count). The Morgan fingerprint density at radius 3 is 2.49 bits per heavy atom. The summed E-state index contributed by atoms with van der Waals surface area (Å²) in [5, 5.41) is 7.27. The molecular formula is C24H19F3N6O2. The van der Waals surface area contributed by atoms with Crippen molar-refractivity contribution in [2.75, 3.05) is 4.90 Å². The monoisotopic (exact) mass is 480 g/mol. The highest BCUT2D eigenvalue weighted by molar-refractivity contribution is 6.00. The Bertz CT molecular complexity index is 1400. The summed E-state index contributed by atoms with van der Waals surface area (Å²) in [6.07, 6.45) is 3.49. The zero-order chi connectivity index (χ0) is 24.7. The van der Waals surface area contributed by atoms with Crippen molar-refractivity contribution in [2.45, 2.75) is 31.4 Å². The number of carbonyl (C=O) groups is 2. The first kappa shape index (κ1) is 22.5. The van der Waals surface area contributed by atoms with E-state index in [1.165, 1.54) is 9.58 Å². The lowest BCUT2D eigenvalue weighted by atomic mass is 9.99. The van der Waals surface area contributed by atoms with Crippen molar-refractivity contribution in [2.24, 2.45) is 0 Å². The van der Waals surface area contributed by atoms with Crippen molar-refractivity contribution in [3.8, 4) is 5.95 Å². The summed E-state index contributed by atoms with van der Waals surface area (Å²) in [6, 6.07) is 12.5. The fourth-order valence-electron chi connectivity index (χ4n) is 4.24. The number of alkyl halides is 2. The van der Waals surface area contributed by atoms with Gasteiger partial charge in [-0.05, 0) is 23.8 Å². The van der Waals surface area contributed by atoms with Gasteiger partial charge in [0.25, 0.3) is 11.9 Å². The molecule has 8 nitrogen and oxygen atoms in total. The van der Waals surface area contributed by atoms with Crippen LogP contribution in [0.1, 0.15) is 24.9 Å². The molecule has 0 unspecified atom stereocenters. The number of hydrogen-bond donors (Lipinski definition) is 1. The first-order valence-corrected chi connectivity index (χ1v) is 10.7. The van der Waals surface area contributed by atoms with Gasteiger partial charge < -0.3 is 10.2 Å². The van der Waals surface area contributed by atoms with Crippen LogP contribution in [0.4, 0.5) is 18.9 Å². The molecule has 1 N–H and O–H groups in total. The number of aromatic nitrogens is 4. The van der Waals surface area contributed by atoms with Gasteiger partial charge in [-0.2, -0.15) is 18.6 Å². The highest BCUT2D eigenvalue weighted by Gasteiger charge is 2.45. The summed E-state index contributed by atoms with van der Waals surface area (Å²) < 4.78 is 41.8. The molecule has 1 aliphatic rings. The van der Waals surface area contributed by atoms with Gasteiger partial charge >= 0.3 is 5.92 Å². The lowest BCUT2D eigenvalue weighted by molar-refractivity contribution is -0.143. The number of benzene rings is 2. The van der Waals surface area contributed by atoms with Crippen LogP contribution < -0.4 is 10.2 Å². The summed E-state index contributed by atoms with van der Waals surface area (Å²) in [4.78, 5) is 34.5. The minimum Gasteiger partial charge on any atom is -0.345 e. The third-order valence-corrected chi connectivity index (χ3v) is 5.80. The van der Waals surface area contributed by atoms with E-state index >= 15 is 0 Å². The maximum Gasteiger partial charge on any atom is 0.321 e. The molecule has 35 heavy (non-hydrogen) atoms. The maximum atomic E-state index is 13.6. The number of nitrogens with one attached hydrogen (secondary N) is 1. The molecule has 0 aliphatic carbocycles. The molecule has 0 saturated carbocycles. The fraction of sp³-hybridized carbons (Fsp3) is 0.208. The predicted molar refractivity (Wildman–Crippen MR) is 120 cm³/mol. The second-order valence-electron chi connectivity index (χ2n) is 8.29. The number of amides is 2. The standard InChI is InChI=1S/C24H19F3N6O2/c1-24(26,27)22(35)31-18-10-20(34)32(21(18)14-5-3-2-4-6-14)17-7-8-19-15(9-17)11-30-33(19)23-28-12-16(25)13-29-23/h2-9,11-13,18,21H,10H2,1H3,(H,31,35)/t18-,21+/m0/s1. The van der Waals surface area contributed by atoms with Gasteiger partial charge in [-0.25, -0.2) is 14.4 Å². The van der Waals surface area contributed by atoms with Crippen molar-refractivity contribution in [3.05, 3.63) is 78.5 Å². The number of rotatable bonds is 5. The number of anilines is 1. The van der Waals surface area contributed by atoms with Crippen LogP contribution in [0.25, 0.3) is 16.9 Å². The van der Waals surface area contributed by atoms with Gasteiger partial charge in [-0.1, -0.05) is 30.3 Å². The predicted octanol–water partition coefficient (Wildman–Crippen LogP) is 3.57. The van der Waals surface area contributed by atoms with Gasteiger partial charge in [0, 0.05) is 24.4 Å². The summed E-state index contributed by atoms with van der Waals surface area (Å²) in [7, 11) is 0. The fourth-order valence-corrected chi connectivity index (χ4v) is 4.24. The van der Waals surface area contributed by atoms with Gasteiger partial charge in [0.1, 0.15) is 0 Å². The second kappa shape index (κ2) is 8.49. The minimum atomic E-state index is -3.58. The highest BCUT2D eigenvalue weighted by Crippen LogP contribution is 2.39. The number of nitrogens with zero attached hydrogens (tertiary/aromatic N) is 5. The lowest BCUT2D eigenvalue weighted by Crippen LogP contribution is -2.46. The Balaban J connectivity index is 1.53. The number of fused-ring (bicyclic) bond motifs is 1. The van der Waals surface area contributed by atoms with Crippen LogP contribution in [-0.2, 0) is 9.59 Å². The molecule has 2 atom stereocenters. The first-order chi connectivity index (χ1) is 16.7. The van der Waals surface area contributed by atoms with E-state index in [1.54, 1.807) is 54.7 Å². The van der Waals surface area contributed by atoms with E-state index in [0.29, 0.717) is 29.1 Å². The third kappa shape index (κ3) is 4.20. The molecule has 2 aromatic carbocycles. The largest absolute Gasteiger partial charge is 0.345 e. The molecule has 1 aliphatic heterocycles. The molecule has 3 heterocycles. The SMILES string of the molecule is CC(F)(F)C(=O)N[C@H]1CC(=O)N(c2ccc3c(cnn3-c3ncc(F)cn3)c2)[C@@H]1c1ccccc1. The van der Waals surface area contributed by atoms with E-state index < -0.39 is 29.7 Å². The Kier molecular flexibility index (Phi) is 5.46. The lowest BCUT2D eigenvalue weighted by Gasteiger charge is -2.29. The van der Waals surface area contributed by atoms with Gasteiger partial charge in [-0.3, -0.25) is 9.59 Å². The van der Waals surface area contributed by atoms with Crippen LogP contribution in [0.15, 0.2) is 67.1 Å². The van der Waals surface area contributed by atoms with Crippen molar-refractivity contribution in [1.82, 2.24) is 25.1 Å². The van der Waals surface area contributed by atoms with Gasteiger partial charge in [0.15, 0.2) is 5.82 Å². The maximum absolute atomic E-state index is 13.6. The van der Waals surface area contributed by atoms with E-state index in [0.717, 1.165) is 12.4 Å². The molecule has 2 amide bonds. The summed E-state index contributed by atoms with van der Waals surface area (Å²) >= 11 is 0.